The normalized spacial score (nSPS) is 18.5. The van der Waals surface area contributed by atoms with Crippen LogP contribution in [0.2, 0.25) is 13.1 Å². The third-order valence-electron chi connectivity index (χ3n) is 11.2. The van der Waals surface area contributed by atoms with Gasteiger partial charge in [0.05, 0.1) is 0 Å². The van der Waals surface area contributed by atoms with Gasteiger partial charge in [-0.1, -0.05) is 0 Å². The molecule has 2 aliphatic carbocycles. The molecule has 4 aromatic rings. The third kappa shape index (κ3) is 5.09. The molecule has 0 radical (unpaired) electrons. The van der Waals surface area contributed by atoms with Crippen LogP contribution in [0.15, 0.2) is 77.9 Å². The summed E-state index contributed by atoms with van der Waals surface area (Å²) in [5.74, 6) is -1.28. The second-order valence-electron chi connectivity index (χ2n) is 14.6. The number of allylic oxidation sites excluding steroid dienone is 2. The molecule has 0 spiro atoms. The summed E-state index contributed by atoms with van der Waals surface area (Å²) in [6.45, 7) is 22.9. The van der Waals surface area contributed by atoms with Crippen LogP contribution in [0.1, 0.15) is 78.1 Å². The summed E-state index contributed by atoms with van der Waals surface area (Å²) in [5, 5.41) is 0. The molecule has 0 N–H and O–H groups in total. The van der Waals surface area contributed by atoms with E-state index in [-0.39, 0.29) is 7.25 Å². The summed E-state index contributed by atoms with van der Waals surface area (Å²) in [6.07, 6.45) is 4.92. The fraction of sp³-hybridized carbons (Fsp3) is 0.317. The van der Waals surface area contributed by atoms with E-state index in [4.69, 9.17) is 17.0 Å². The zero-order valence-corrected chi connectivity index (χ0v) is 33.7. The summed E-state index contributed by atoms with van der Waals surface area (Å²) in [5.41, 5.74) is 19.9. The molecule has 0 saturated carbocycles. The van der Waals surface area contributed by atoms with Crippen LogP contribution in [0.3, 0.4) is 0 Å². The summed E-state index contributed by atoms with van der Waals surface area (Å²) in [7, 11) is 17.3. The van der Waals surface area contributed by atoms with E-state index in [1.165, 1.54) is 83.5 Å². The van der Waals surface area contributed by atoms with Gasteiger partial charge < -0.3 is 0 Å². The van der Waals surface area contributed by atoms with Crippen LogP contribution in [0.25, 0.3) is 34.4 Å². The van der Waals surface area contributed by atoms with Crippen LogP contribution in [-0.2, 0) is 15.6 Å². The molecule has 4 heteroatoms. The number of fused-ring (bicyclic) bond motifs is 2. The van der Waals surface area contributed by atoms with Crippen molar-refractivity contribution < 1.29 is 15.6 Å². The second kappa shape index (κ2) is 11.6. The molecule has 0 nitrogen and oxygen atoms in total. The van der Waals surface area contributed by atoms with Gasteiger partial charge in [-0.15, -0.1) is 0 Å². The number of rotatable bonds is 6. The SMILES string of the molecule is CC1=Cc2c(-c3ccc(C)c(C)c3)ccc(C)c2[CH]1[Zr]([Cl])([Cl])([CH]1C(C(C)C)=Cc2c(-c3ccc(C)c(C)c3)cccc21)[SiH](C)C. The van der Waals surface area contributed by atoms with E-state index in [1.54, 1.807) is 0 Å². The van der Waals surface area contributed by atoms with Gasteiger partial charge in [-0.2, -0.15) is 0 Å². The van der Waals surface area contributed by atoms with Crippen LogP contribution in [0, 0.1) is 40.5 Å². The summed E-state index contributed by atoms with van der Waals surface area (Å²) >= 11 is -4.82. The van der Waals surface area contributed by atoms with Crippen molar-refractivity contribution in [1.29, 1.82) is 0 Å². The molecule has 2 unspecified atom stereocenters. The van der Waals surface area contributed by atoms with Crippen LogP contribution < -0.4 is 0 Å². The van der Waals surface area contributed by atoms with Crippen LogP contribution >= 0.6 is 17.0 Å². The quantitative estimate of drug-likeness (QED) is 0.173. The van der Waals surface area contributed by atoms with E-state index in [2.05, 4.69) is 147 Å². The number of halogens is 2. The zero-order chi connectivity index (χ0) is 32.6. The Hall–Kier alpha value is -1.96. The molecule has 0 fully saturated rings. The molecule has 0 aromatic heterocycles. The molecule has 45 heavy (non-hydrogen) atoms. The van der Waals surface area contributed by atoms with Crippen molar-refractivity contribution in [2.45, 2.75) is 75.7 Å². The van der Waals surface area contributed by atoms with Gasteiger partial charge in [-0.3, -0.25) is 0 Å². The molecule has 0 heterocycles. The van der Waals surface area contributed by atoms with Crippen LogP contribution in [0.5, 0.6) is 0 Å². The van der Waals surface area contributed by atoms with Crippen LogP contribution in [-0.4, -0.2) is 5.92 Å². The molecule has 4 aromatic carbocycles. The van der Waals surface area contributed by atoms with Gasteiger partial charge in [-0.25, -0.2) is 0 Å². The maximum atomic E-state index is 8.65. The predicted octanol–water partition coefficient (Wildman–Crippen LogP) is 12.8. The Balaban J connectivity index is 1.60. The summed E-state index contributed by atoms with van der Waals surface area (Å²) in [6, 6.07) is 25.2. The first kappa shape index (κ1) is 33.0. The van der Waals surface area contributed by atoms with E-state index in [0.29, 0.717) is 5.92 Å². The number of aryl methyl sites for hydroxylation is 5. The Kier molecular flexibility index (Phi) is 8.52. The summed E-state index contributed by atoms with van der Waals surface area (Å²) in [4.78, 5) is 0. The van der Waals surface area contributed by atoms with Gasteiger partial charge >= 0.3 is 283 Å². The Labute approximate surface area is 280 Å². The third-order valence-corrected chi connectivity index (χ3v) is 63.1. The minimum atomic E-state index is -4.82. The fourth-order valence-corrected chi connectivity index (χ4v) is 40.5. The van der Waals surface area contributed by atoms with E-state index in [1.807, 2.05) is 0 Å². The van der Waals surface area contributed by atoms with E-state index in [0.717, 1.165) is 0 Å². The Morgan fingerprint density at radius 2 is 1.18 bits per heavy atom. The van der Waals surface area contributed by atoms with Gasteiger partial charge in [0.2, 0.25) is 0 Å². The van der Waals surface area contributed by atoms with Crippen molar-refractivity contribution in [2.24, 2.45) is 5.92 Å². The van der Waals surface area contributed by atoms with Crippen molar-refractivity contribution in [2.75, 3.05) is 0 Å². The fourth-order valence-electron chi connectivity index (χ4n) is 8.23. The van der Waals surface area contributed by atoms with Gasteiger partial charge in [-0.05, 0) is 0 Å². The first-order valence-corrected chi connectivity index (χ1v) is 32.8. The standard InChI is InChI=1S/C20H21.C19H19.C2H7Si.2ClH.Zr/c1-13(2)18-11-16-6-5-7-19(20(16)12-18)17-9-8-14(3)15(4)10-17;1-12-9-18-14(3)6-8-17(19(18)10-12)16-7-5-13(2)15(4)11-16;1-3-2;;;/h5-13H,1-4H3;5-11H,1-4H3;3H,1-2H3;2*1H;/q;;;;;+2/p-2. The molecule has 2 atom stereocenters. The van der Waals surface area contributed by atoms with E-state index >= 15 is 0 Å². The van der Waals surface area contributed by atoms with Gasteiger partial charge in [0, 0.05) is 0 Å². The monoisotopic (exact) mass is 727 g/mol. The molecule has 0 bridgehead atoms. The average molecular weight is 730 g/mol. The molecule has 0 amide bonds. The molecule has 0 aliphatic heterocycles. The van der Waals surface area contributed by atoms with Crippen molar-refractivity contribution in [3.63, 3.8) is 0 Å². The van der Waals surface area contributed by atoms with Crippen molar-refractivity contribution in [1.82, 2.24) is 0 Å². The Morgan fingerprint density at radius 3 is 1.71 bits per heavy atom. The molecule has 6 rings (SSSR count). The van der Waals surface area contributed by atoms with Crippen molar-refractivity contribution >= 4 is 35.1 Å². The minimum absolute atomic E-state index is 0.0892. The van der Waals surface area contributed by atoms with Crippen LogP contribution in [0.4, 0.5) is 0 Å². The second-order valence-corrected chi connectivity index (χ2v) is 57.1. The number of benzene rings is 4. The van der Waals surface area contributed by atoms with Gasteiger partial charge in [0.25, 0.3) is 0 Å². The van der Waals surface area contributed by atoms with Crippen molar-refractivity contribution in [3.05, 3.63) is 128 Å². The topological polar surface area (TPSA) is 0 Å². The molecule has 2 aliphatic rings. The van der Waals surface area contributed by atoms with E-state index < -0.39 is 21.5 Å². The molecular formula is C41H47Cl2SiZr. The Bertz CT molecular complexity index is 1930. The van der Waals surface area contributed by atoms with Gasteiger partial charge in [0.15, 0.2) is 0 Å². The first-order chi connectivity index (χ1) is 21.1. The predicted molar refractivity (Wildman–Crippen MR) is 200 cm³/mol. The molecule has 0 saturated heterocycles. The zero-order valence-electron chi connectivity index (χ0n) is 28.6. The van der Waals surface area contributed by atoms with E-state index in [9.17, 15) is 0 Å². The molecular weight excluding hydrogens is 683 g/mol. The van der Waals surface area contributed by atoms with Crippen molar-refractivity contribution in [3.8, 4) is 22.3 Å². The maximum absolute atomic E-state index is 8.65. The summed E-state index contributed by atoms with van der Waals surface area (Å²) < 4.78 is 0.179. The average Bonchev–Trinajstić information content (AvgIpc) is 3.56. The number of hydrogen-bond donors (Lipinski definition) is 0. The Morgan fingerprint density at radius 1 is 0.622 bits per heavy atom. The number of hydrogen-bond acceptors (Lipinski definition) is 0. The first-order valence-electron chi connectivity index (χ1n) is 16.5. The molecule has 233 valence electrons. The van der Waals surface area contributed by atoms with Gasteiger partial charge in [0.1, 0.15) is 0 Å².